The molecule has 0 aliphatic carbocycles. The summed E-state index contributed by atoms with van der Waals surface area (Å²) in [4.78, 5) is 32.1. The van der Waals surface area contributed by atoms with Crippen LogP contribution in [0.5, 0.6) is 0 Å². The van der Waals surface area contributed by atoms with Crippen LogP contribution in [0.3, 0.4) is 0 Å². The molecule has 4 rings (SSSR count). The molecule has 8 heteroatoms. The highest BCUT2D eigenvalue weighted by Gasteiger charge is 2.30. The molecule has 3 heterocycles. The minimum Gasteiger partial charge on any atom is -0.378 e. The molecule has 3 aromatic rings. The average molecular weight is 390 g/mol. The van der Waals surface area contributed by atoms with Gasteiger partial charge in [-0.05, 0) is 17.7 Å². The first-order valence-corrected chi connectivity index (χ1v) is 9.35. The van der Waals surface area contributed by atoms with Crippen LogP contribution in [-0.2, 0) is 16.1 Å². The monoisotopic (exact) mass is 389 g/mol. The third kappa shape index (κ3) is 3.02. The zero-order valence-electron chi connectivity index (χ0n) is 14.0. The van der Waals surface area contributed by atoms with Crippen LogP contribution in [0.25, 0.3) is 21.3 Å². The summed E-state index contributed by atoms with van der Waals surface area (Å²) in [5, 5.41) is 3.02. The second-order valence-electron chi connectivity index (χ2n) is 6.17. The van der Waals surface area contributed by atoms with Gasteiger partial charge in [-0.25, -0.2) is 4.98 Å². The molecule has 1 aliphatic heterocycles. The van der Waals surface area contributed by atoms with Crippen molar-refractivity contribution in [2.75, 3.05) is 20.2 Å². The van der Waals surface area contributed by atoms with Gasteiger partial charge in [0.1, 0.15) is 6.54 Å². The van der Waals surface area contributed by atoms with Crippen molar-refractivity contribution in [1.29, 1.82) is 0 Å². The Hall–Kier alpha value is -2.22. The molecule has 2 aromatic heterocycles. The SMILES string of the molecule is COC1CN(C(=O)Cn2cnc3csc(-c4ccc(Cl)cc4)c3c2=O)C1. The Morgan fingerprint density at radius 3 is 2.77 bits per heavy atom. The number of rotatable bonds is 4. The first-order valence-electron chi connectivity index (χ1n) is 8.10. The lowest BCUT2D eigenvalue weighted by molar-refractivity contribution is -0.143. The zero-order chi connectivity index (χ0) is 18.3. The Morgan fingerprint density at radius 2 is 2.08 bits per heavy atom. The topological polar surface area (TPSA) is 64.4 Å². The van der Waals surface area contributed by atoms with E-state index in [0.29, 0.717) is 29.0 Å². The highest BCUT2D eigenvalue weighted by atomic mass is 35.5. The van der Waals surface area contributed by atoms with Crippen LogP contribution in [0.4, 0.5) is 0 Å². The Kier molecular flexibility index (Phi) is 4.52. The van der Waals surface area contributed by atoms with Crippen LogP contribution >= 0.6 is 22.9 Å². The summed E-state index contributed by atoms with van der Waals surface area (Å²) < 4.78 is 6.55. The quantitative estimate of drug-likeness (QED) is 0.688. The fraction of sp³-hybridized carbons (Fsp3) is 0.278. The Balaban J connectivity index is 1.66. The van der Waals surface area contributed by atoms with E-state index >= 15 is 0 Å². The number of hydrogen-bond acceptors (Lipinski definition) is 5. The van der Waals surface area contributed by atoms with Crippen LogP contribution in [0.2, 0.25) is 5.02 Å². The summed E-state index contributed by atoms with van der Waals surface area (Å²) >= 11 is 7.41. The van der Waals surface area contributed by atoms with Gasteiger partial charge in [-0.3, -0.25) is 14.2 Å². The number of nitrogens with zero attached hydrogens (tertiary/aromatic N) is 3. The van der Waals surface area contributed by atoms with Gasteiger partial charge in [0, 0.05) is 35.5 Å². The van der Waals surface area contributed by atoms with Gasteiger partial charge in [0.05, 0.1) is 23.3 Å². The molecule has 1 amide bonds. The van der Waals surface area contributed by atoms with Gasteiger partial charge in [0.15, 0.2) is 0 Å². The molecular formula is C18H16ClN3O3S. The fourth-order valence-electron chi connectivity index (χ4n) is 2.94. The number of carbonyl (C=O) groups excluding carboxylic acids is 1. The molecule has 26 heavy (non-hydrogen) atoms. The van der Waals surface area contributed by atoms with Crippen LogP contribution in [0.15, 0.2) is 40.8 Å². The van der Waals surface area contributed by atoms with Crippen molar-refractivity contribution in [3.63, 3.8) is 0 Å². The summed E-state index contributed by atoms with van der Waals surface area (Å²) in [5.74, 6) is -0.107. The number of aromatic nitrogens is 2. The Bertz CT molecular complexity index is 1020. The maximum Gasteiger partial charge on any atom is 0.263 e. The maximum atomic E-state index is 12.9. The highest BCUT2D eigenvalue weighted by molar-refractivity contribution is 7.15. The van der Waals surface area contributed by atoms with E-state index in [-0.39, 0.29) is 24.1 Å². The molecule has 0 N–H and O–H groups in total. The van der Waals surface area contributed by atoms with E-state index in [1.165, 1.54) is 22.2 Å². The summed E-state index contributed by atoms with van der Waals surface area (Å²) in [5.41, 5.74) is 1.33. The molecule has 1 aromatic carbocycles. The lowest BCUT2D eigenvalue weighted by atomic mass is 10.1. The molecule has 6 nitrogen and oxygen atoms in total. The predicted molar refractivity (Wildman–Crippen MR) is 102 cm³/mol. The van der Waals surface area contributed by atoms with E-state index in [1.807, 2.05) is 17.5 Å². The zero-order valence-corrected chi connectivity index (χ0v) is 15.6. The van der Waals surface area contributed by atoms with Crippen molar-refractivity contribution in [3.05, 3.63) is 51.3 Å². The number of methoxy groups -OCH3 is 1. The maximum absolute atomic E-state index is 12.9. The first-order chi connectivity index (χ1) is 12.6. The number of benzene rings is 1. The fourth-order valence-corrected chi connectivity index (χ4v) is 4.06. The summed E-state index contributed by atoms with van der Waals surface area (Å²) in [6, 6.07) is 7.33. The van der Waals surface area contributed by atoms with Gasteiger partial charge in [-0.2, -0.15) is 0 Å². The summed E-state index contributed by atoms with van der Waals surface area (Å²) in [6.45, 7) is 1.11. The number of hydrogen-bond donors (Lipinski definition) is 0. The largest absolute Gasteiger partial charge is 0.378 e. The summed E-state index contributed by atoms with van der Waals surface area (Å²) in [6.07, 6.45) is 1.53. The molecule has 1 aliphatic rings. The van der Waals surface area contributed by atoms with Crippen molar-refractivity contribution in [1.82, 2.24) is 14.5 Å². The predicted octanol–water partition coefficient (Wildman–Crippen LogP) is 2.64. The standard InChI is InChI=1S/C18H16ClN3O3S/c1-25-13-6-21(7-13)15(23)8-22-10-20-14-9-26-17(16(14)18(22)24)11-2-4-12(19)5-3-11/h2-5,9-10,13H,6-8H2,1H3. The molecule has 0 bridgehead atoms. The molecule has 0 saturated carbocycles. The molecule has 0 unspecified atom stereocenters. The Morgan fingerprint density at radius 1 is 1.35 bits per heavy atom. The molecule has 0 radical (unpaired) electrons. The number of carbonyl (C=O) groups is 1. The average Bonchev–Trinajstić information content (AvgIpc) is 3.02. The number of fused-ring (bicyclic) bond motifs is 1. The van der Waals surface area contributed by atoms with Crippen LogP contribution in [0, 0.1) is 0 Å². The number of likely N-dealkylation sites (tertiary alicyclic amines) is 1. The van der Waals surface area contributed by atoms with Crippen LogP contribution < -0.4 is 5.56 Å². The number of thiophene rings is 1. The van der Waals surface area contributed by atoms with Crippen molar-refractivity contribution in [2.24, 2.45) is 0 Å². The van der Waals surface area contributed by atoms with Crippen molar-refractivity contribution in [2.45, 2.75) is 12.6 Å². The van der Waals surface area contributed by atoms with E-state index < -0.39 is 0 Å². The third-order valence-electron chi connectivity index (χ3n) is 4.53. The van der Waals surface area contributed by atoms with Crippen molar-refractivity contribution < 1.29 is 9.53 Å². The molecule has 134 valence electrons. The van der Waals surface area contributed by atoms with Gasteiger partial charge in [0.2, 0.25) is 5.91 Å². The molecule has 0 spiro atoms. The minimum absolute atomic E-state index is 0.0197. The number of amides is 1. The lowest BCUT2D eigenvalue weighted by Crippen LogP contribution is -2.55. The van der Waals surface area contributed by atoms with Gasteiger partial charge in [0.25, 0.3) is 5.56 Å². The highest BCUT2D eigenvalue weighted by Crippen LogP contribution is 2.32. The lowest BCUT2D eigenvalue weighted by Gasteiger charge is -2.38. The van der Waals surface area contributed by atoms with Crippen LogP contribution in [0.1, 0.15) is 0 Å². The Labute approximate surface area is 158 Å². The van der Waals surface area contributed by atoms with Crippen molar-refractivity contribution >= 4 is 39.7 Å². The molecular weight excluding hydrogens is 374 g/mol. The van der Waals surface area contributed by atoms with E-state index in [9.17, 15) is 9.59 Å². The van der Waals surface area contributed by atoms with Crippen LogP contribution in [-0.4, -0.2) is 46.7 Å². The van der Waals surface area contributed by atoms with E-state index in [0.717, 1.165) is 10.4 Å². The third-order valence-corrected chi connectivity index (χ3v) is 5.80. The van der Waals surface area contributed by atoms with Gasteiger partial charge >= 0.3 is 0 Å². The van der Waals surface area contributed by atoms with Crippen molar-refractivity contribution in [3.8, 4) is 10.4 Å². The smallest absolute Gasteiger partial charge is 0.263 e. The summed E-state index contributed by atoms with van der Waals surface area (Å²) in [7, 11) is 1.63. The molecule has 1 fully saturated rings. The van der Waals surface area contributed by atoms with Gasteiger partial charge in [-0.15, -0.1) is 11.3 Å². The second kappa shape index (κ2) is 6.83. The second-order valence-corrected chi connectivity index (χ2v) is 7.48. The number of ether oxygens (including phenoxy) is 1. The normalized spacial score (nSPS) is 14.6. The van der Waals surface area contributed by atoms with E-state index in [1.54, 1.807) is 24.1 Å². The number of halogens is 1. The van der Waals surface area contributed by atoms with Gasteiger partial charge < -0.3 is 9.64 Å². The molecule has 1 saturated heterocycles. The van der Waals surface area contributed by atoms with E-state index in [4.69, 9.17) is 16.3 Å². The molecule has 0 atom stereocenters. The first kappa shape index (κ1) is 17.2. The van der Waals surface area contributed by atoms with E-state index in [2.05, 4.69) is 4.98 Å². The minimum atomic E-state index is -0.210. The van der Waals surface area contributed by atoms with Gasteiger partial charge in [-0.1, -0.05) is 23.7 Å².